The molecule has 1 aromatic carbocycles. The molecule has 0 radical (unpaired) electrons. The van der Waals surface area contributed by atoms with Crippen molar-refractivity contribution in [3.63, 3.8) is 0 Å². The van der Waals surface area contributed by atoms with Gasteiger partial charge in [0.05, 0.1) is 13.2 Å². The number of hydrogen-bond acceptors (Lipinski definition) is 4. The molecule has 0 atom stereocenters. The van der Waals surface area contributed by atoms with E-state index in [-0.39, 0.29) is 11.6 Å². The van der Waals surface area contributed by atoms with Crippen LogP contribution < -0.4 is 9.55 Å². The van der Waals surface area contributed by atoms with E-state index in [1.54, 1.807) is 37.6 Å². The molecule has 0 bridgehead atoms. The monoisotopic (exact) mass is 378 g/mol. The van der Waals surface area contributed by atoms with Gasteiger partial charge in [-0.2, -0.15) is 0 Å². The largest absolute Gasteiger partial charge is 0.450 e. The summed E-state index contributed by atoms with van der Waals surface area (Å²) in [7, 11) is 1.63. The Morgan fingerprint density at radius 2 is 1.93 bits per heavy atom. The molecule has 7 nitrogen and oxygen atoms in total. The number of aryl methyl sites for hydroxylation is 1. The van der Waals surface area contributed by atoms with E-state index in [4.69, 9.17) is 4.74 Å². The molecular formula is C21H22N4O3. The molecule has 0 fully saturated rings. The zero-order valence-electron chi connectivity index (χ0n) is 16.0. The number of methoxy groups -OCH3 is 1. The van der Waals surface area contributed by atoms with E-state index in [1.165, 1.54) is 6.33 Å². The van der Waals surface area contributed by atoms with E-state index in [9.17, 15) is 9.59 Å². The highest BCUT2D eigenvalue weighted by Crippen LogP contribution is 2.27. The third-order valence-electron chi connectivity index (χ3n) is 5.24. The molecule has 0 unspecified atom stereocenters. The predicted octanol–water partition coefficient (Wildman–Crippen LogP) is 1.49. The van der Waals surface area contributed by atoms with E-state index >= 15 is 0 Å². The van der Waals surface area contributed by atoms with Crippen molar-refractivity contribution in [3.8, 4) is 0 Å². The van der Waals surface area contributed by atoms with Crippen LogP contribution in [0.4, 0.5) is 0 Å². The minimum atomic E-state index is -0.106. The predicted molar refractivity (Wildman–Crippen MR) is 100 cm³/mol. The molecule has 0 saturated carbocycles. The van der Waals surface area contributed by atoms with Gasteiger partial charge in [-0.25, -0.2) is 9.13 Å². The normalized spacial score (nSPS) is 12.9. The first-order chi connectivity index (χ1) is 13.6. The summed E-state index contributed by atoms with van der Waals surface area (Å²) in [5, 5.41) is 0. The maximum Gasteiger partial charge on any atom is 0.254 e. The number of fused-ring (bicyclic) bond motifs is 2. The molecule has 0 spiro atoms. The second-order valence-corrected chi connectivity index (χ2v) is 6.86. The summed E-state index contributed by atoms with van der Waals surface area (Å²) >= 11 is 0. The molecule has 3 aromatic rings. The Hall–Kier alpha value is -3.06. The summed E-state index contributed by atoms with van der Waals surface area (Å²) in [6.07, 6.45) is 4.86. The molecular weight excluding hydrogens is 356 g/mol. The molecule has 28 heavy (non-hydrogen) atoms. The lowest BCUT2D eigenvalue weighted by molar-refractivity contribution is -0.704. The summed E-state index contributed by atoms with van der Waals surface area (Å²) in [5.74, 6) is 0.674. The van der Waals surface area contributed by atoms with Crippen molar-refractivity contribution in [2.75, 3.05) is 13.7 Å². The van der Waals surface area contributed by atoms with Crippen molar-refractivity contribution in [1.82, 2.24) is 14.5 Å². The zero-order chi connectivity index (χ0) is 19.7. The van der Waals surface area contributed by atoms with Crippen molar-refractivity contribution < 1.29 is 18.9 Å². The first kappa shape index (κ1) is 18.3. The Balaban J connectivity index is 1.75. The lowest BCUT2D eigenvalue weighted by Gasteiger charge is -2.13. The Labute approximate surface area is 163 Å². The fourth-order valence-electron chi connectivity index (χ4n) is 3.86. The van der Waals surface area contributed by atoms with Crippen LogP contribution in [0.2, 0.25) is 0 Å². The fourth-order valence-corrected chi connectivity index (χ4v) is 3.86. The van der Waals surface area contributed by atoms with Crippen LogP contribution in [0.1, 0.15) is 50.0 Å². The van der Waals surface area contributed by atoms with E-state index in [0.29, 0.717) is 42.2 Å². The van der Waals surface area contributed by atoms with Crippen LogP contribution in [-0.2, 0) is 24.2 Å². The van der Waals surface area contributed by atoms with Crippen LogP contribution in [0.3, 0.4) is 0 Å². The van der Waals surface area contributed by atoms with Gasteiger partial charge in [0.1, 0.15) is 6.54 Å². The van der Waals surface area contributed by atoms with Gasteiger partial charge in [0.15, 0.2) is 0 Å². The topological polar surface area (TPSA) is 79.2 Å². The number of hydrogen-bond donors (Lipinski definition) is 0. The highest BCUT2D eigenvalue weighted by Gasteiger charge is 2.42. The zero-order valence-corrected chi connectivity index (χ0v) is 16.0. The number of ether oxygens (including phenoxy) is 1. The van der Waals surface area contributed by atoms with Crippen molar-refractivity contribution in [3.05, 3.63) is 70.8 Å². The summed E-state index contributed by atoms with van der Waals surface area (Å²) in [5.41, 5.74) is 2.81. The quantitative estimate of drug-likeness (QED) is 0.455. The minimum Gasteiger partial charge on any atom is -0.450 e. The third-order valence-corrected chi connectivity index (χ3v) is 5.24. The number of carbonyl (C=O) groups excluding carboxylic acids is 2. The van der Waals surface area contributed by atoms with E-state index in [0.717, 1.165) is 24.4 Å². The van der Waals surface area contributed by atoms with Crippen molar-refractivity contribution in [2.45, 2.75) is 32.9 Å². The smallest absolute Gasteiger partial charge is 0.254 e. The molecule has 1 aliphatic carbocycles. The van der Waals surface area contributed by atoms with Crippen LogP contribution in [0.25, 0.3) is 0 Å². The van der Waals surface area contributed by atoms with Gasteiger partial charge in [-0.15, -0.1) is 0 Å². The Kier molecular flexibility index (Phi) is 4.92. The Morgan fingerprint density at radius 1 is 1.18 bits per heavy atom. The van der Waals surface area contributed by atoms with Crippen molar-refractivity contribution in [1.29, 1.82) is 0 Å². The van der Waals surface area contributed by atoms with Gasteiger partial charge in [-0.05, 0) is 12.8 Å². The average molecular weight is 378 g/mol. The molecule has 144 valence electrons. The van der Waals surface area contributed by atoms with Crippen LogP contribution >= 0.6 is 0 Å². The van der Waals surface area contributed by atoms with Gasteiger partial charge < -0.3 is 14.7 Å². The number of rotatable bonds is 7. The van der Waals surface area contributed by atoms with Gasteiger partial charge in [-0.1, -0.05) is 42.5 Å². The van der Waals surface area contributed by atoms with Gasteiger partial charge >= 0.3 is 0 Å². The molecule has 0 saturated heterocycles. The second-order valence-electron chi connectivity index (χ2n) is 6.86. The minimum absolute atomic E-state index is 0.0995. The number of aromatic nitrogens is 4. The Bertz CT molecular complexity index is 1030. The van der Waals surface area contributed by atoms with Crippen molar-refractivity contribution >= 4 is 11.6 Å². The highest BCUT2D eigenvalue weighted by molar-refractivity contribution is 6.26. The van der Waals surface area contributed by atoms with E-state index in [1.807, 2.05) is 16.1 Å². The molecule has 2 aromatic heterocycles. The van der Waals surface area contributed by atoms with Gasteiger partial charge in [-0.3, -0.25) is 9.59 Å². The number of benzene rings is 1. The van der Waals surface area contributed by atoms with E-state index < -0.39 is 0 Å². The molecule has 1 aliphatic rings. The first-order valence-corrected chi connectivity index (χ1v) is 9.35. The lowest BCUT2D eigenvalue weighted by atomic mass is 9.90. The van der Waals surface area contributed by atoms with Gasteiger partial charge in [0.25, 0.3) is 5.82 Å². The first-order valence-electron chi connectivity index (χ1n) is 9.35. The molecule has 4 rings (SSSR count). The SMILES string of the molecule is COCCn1c2c([n+](CCCc3c[n-]cn3)c1C)C(=O)c1ccccc1C2=O. The molecule has 2 heterocycles. The summed E-state index contributed by atoms with van der Waals surface area (Å²) in [6.45, 7) is 3.56. The molecule has 0 amide bonds. The second kappa shape index (κ2) is 7.52. The maximum absolute atomic E-state index is 13.3. The van der Waals surface area contributed by atoms with E-state index in [2.05, 4.69) is 9.97 Å². The Morgan fingerprint density at radius 3 is 2.61 bits per heavy atom. The van der Waals surface area contributed by atoms with Crippen LogP contribution in [0, 0.1) is 6.92 Å². The molecule has 7 heteroatoms. The van der Waals surface area contributed by atoms with Crippen LogP contribution in [0.5, 0.6) is 0 Å². The average Bonchev–Trinajstić information content (AvgIpc) is 3.32. The van der Waals surface area contributed by atoms with Gasteiger partial charge in [0.2, 0.25) is 23.0 Å². The number of ketones is 2. The number of carbonyl (C=O) groups is 2. The highest BCUT2D eigenvalue weighted by atomic mass is 16.5. The number of imidazole rings is 2. The van der Waals surface area contributed by atoms with Crippen LogP contribution in [-0.4, -0.2) is 34.8 Å². The summed E-state index contributed by atoms with van der Waals surface area (Å²) < 4.78 is 9.10. The van der Waals surface area contributed by atoms with Crippen molar-refractivity contribution in [2.24, 2.45) is 0 Å². The van der Waals surface area contributed by atoms with Gasteiger partial charge in [0, 0.05) is 25.2 Å². The summed E-state index contributed by atoms with van der Waals surface area (Å²) in [6, 6.07) is 7.03. The summed E-state index contributed by atoms with van der Waals surface area (Å²) in [4.78, 5) is 34.7. The fraction of sp³-hybridized carbons (Fsp3) is 0.333. The number of nitrogens with zero attached hydrogens (tertiary/aromatic N) is 4. The maximum atomic E-state index is 13.3. The van der Waals surface area contributed by atoms with Crippen LogP contribution in [0.15, 0.2) is 36.8 Å². The molecule has 0 aliphatic heterocycles. The standard InChI is InChI=1S/C21H22N4O3/c1-14-24(9-5-6-15-12-22-13-23-15)18-19(25(14)10-11-28-2)21(27)17-8-4-3-7-16(17)20(18)26/h3-4,7-8,12-13H,5-6,9-11H2,1-2H3. The third kappa shape index (κ3) is 2.97. The lowest BCUT2D eigenvalue weighted by Crippen LogP contribution is -2.43. The molecule has 0 N–H and O–H groups in total.